The lowest BCUT2D eigenvalue weighted by atomic mass is 10.00. The molecule has 0 aliphatic carbocycles. The second kappa shape index (κ2) is 7.33. The van der Waals surface area contributed by atoms with Gasteiger partial charge in [-0.2, -0.15) is 0 Å². The molecular formula is C13H24N2O4. The number of ether oxygens (including phenoxy) is 1. The molecule has 3 unspecified atom stereocenters. The summed E-state index contributed by atoms with van der Waals surface area (Å²) in [5, 5.41) is 11.8. The first kappa shape index (κ1) is 15.8. The van der Waals surface area contributed by atoms with E-state index in [9.17, 15) is 9.59 Å². The van der Waals surface area contributed by atoms with Crippen molar-refractivity contribution in [2.75, 3.05) is 20.2 Å². The van der Waals surface area contributed by atoms with E-state index in [-0.39, 0.29) is 12.1 Å². The average molecular weight is 272 g/mol. The Labute approximate surface area is 114 Å². The number of urea groups is 1. The van der Waals surface area contributed by atoms with Crippen molar-refractivity contribution in [1.82, 2.24) is 10.2 Å². The fourth-order valence-electron chi connectivity index (χ4n) is 2.48. The van der Waals surface area contributed by atoms with Crippen LogP contribution in [0.5, 0.6) is 0 Å². The van der Waals surface area contributed by atoms with Crippen LogP contribution in [0.1, 0.15) is 33.1 Å². The topological polar surface area (TPSA) is 78.9 Å². The Kier molecular flexibility index (Phi) is 6.08. The Morgan fingerprint density at radius 3 is 2.68 bits per heavy atom. The molecule has 0 saturated carbocycles. The summed E-state index contributed by atoms with van der Waals surface area (Å²) in [5.74, 6) is -0.650. The third-order valence-corrected chi connectivity index (χ3v) is 3.72. The van der Waals surface area contributed by atoms with Crippen LogP contribution in [0.2, 0.25) is 0 Å². The predicted molar refractivity (Wildman–Crippen MR) is 71.0 cm³/mol. The van der Waals surface area contributed by atoms with Crippen molar-refractivity contribution in [2.45, 2.75) is 45.3 Å². The Hall–Kier alpha value is -1.30. The number of hydrogen-bond donors (Lipinski definition) is 2. The number of carbonyl (C=O) groups excluding carboxylic acids is 1. The van der Waals surface area contributed by atoms with Gasteiger partial charge in [-0.25, -0.2) is 9.59 Å². The van der Waals surface area contributed by atoms with Crippen molar-refractivity contribution < 1.29 is 19.4 Å². The van der Waals surface area contributed by atoms with E-state index in [1.807, 2.05) is 0 Å². The maximum absolute atomic E-state index is 11.9. The number of carbonyl (C=O) groups is 2. The summed E-state index contributed by atoms with van der Waals surface area (Å²) >= 11 is 0. The summed E-state index contributed by atoms with van der Waals surface area (Å²) < 4.78 is 5.56. The normalized spacial score (nSPS) is 23.9. The van der Waals surface area contributed by atoms with Crippen LogP contribution < -0.4 is 5.32 Å². The van der Waals surface area contributed by atoms with Gasteiger partial charge in [-0.05, 0) is 19.3 Å². The number of likely N-dealkylation sites (N-methyl/N-ethyl adjacent to an activating group) is 1. The Balaban J connectivity index is 2.44. The zero-order chi connectivity index (χ0) is 14.4. The second-order valence-electron chi connectivity index (χ2n) is 4.93. The highest BCUT2D eigenvalue weighted by molar-refractivity contribution is 5.82. The largest absolute Gasteiger partial charge is 0.480 e. The van der Waals surface area contributed by atoms with Crippen LogP contribution in [0.4, 0.5) is 4.79 Å². The molecule has 110 valence electrons. The summed E-state index contributed by atoms with van der Waals surface area (Å²) in [6.07, 6.45) is 2.47. The number of rotatable bonds is 6. The van der Waals surface area contributed by atoms with Crippen LogP contribution >= 0.6 is 0 Å². The molecule has 0 bridgehead atoms. The van der Waals surface area contributed by atoms with Crippen molar-refractivity contribution in [2.24, 2.45) is 5.92 Å². The highest BCUT2D eigenvalue weighted by Gasteiger charge is 2.29. The molecule has 1 saturated heterocycles. The Morgan fingerprint density at radius 1 is 1.47 bits per heavy atom. The van der Waals surface area contributed by atoms with E-state index in [0.717, 1.165) is 19.4 Å². The zero-order valence-electron chi connectivity index (χ0n) is 11.9. The van der Waals surface area contributed by atoms with Crippen molar-refractivity contribution in [3.05, 3.63) is 0 Å². The maximum atomic E-state index is 11.9. The molecule has 1 heterocycles. The van der Waals surface area contributed by atoms with Crippen LogP contribution in [-0.4, -0.2) is 54.4 Å². The molecule has 0 aromatic rings. The highest BCUT2D eigenvalue weighted by Crippen LogP contribution is 2.22. The van der Waals surface area contributed by atoms with Gasteiger partial charge in [-0.3, -0.25) is 0 Å². The summed E-state index contributed by atoms with van der Waals surface area (Å²) in [6.45, 7) is 5.09. The molecule has 1 aliphatic heterocycles. The van der Waals surface area contributed by atoms with Crippen molar-refractivity contribution >= 4 is 12.0 Å². The molecule has 1 rings (SSSR count). The first-order chi connectivity index (χ1) is 9.01. The van der Waals surface area contributed by atoms with Gasteiger partial charge in [0.2, 0.25) is 0 Å². The van der Waals surface area contributed by atoms with Gasteiger partial charge >= 0.3 is 12.0 Å². The second-order valence-corrected chi connectivity index (χ2v) is 4.93. The van der Waals surface area contributed by atoms with Crippen molar-refractivity contribution in [3.63, 3.8) is 0 Å². The minimum absolute atomic E-state index is 0.201. The minimum atomic E-state index is -0.976. The Bertz CT molecular complexity index is 322. The fourth-order valence-corrected chi connectivity index (χ4v) is 2.48. The van der Waals surface area contributed by atoms with Gasteiger partial charge in [0.25, 0.3) is 0 Å². The monoisotopic (exact) mass is 272 g/mol. The summed E-state index contributed by atoms with van der Waals surface area (Å²) in [4.78, 5) is 24.2. The minimum Gasteiger partial charge on any atom is -0.480 e. The van der Waals surface area contributed by atoms with Gasteiger partial charge in [0, 0.05) is 26.1 Å². The average Bonchev–Trinajstić information content (AvgIpc) is 2.83. The smallest absolute Gasteiger partial charge is 0.326 e. The third-order valence-electron chi connectivity index (χ3n) is 3.72. The molecule has 0 radical (unpaired) electrons. The molecular weight excluding hydrogens is 248 g/mol. The number of carboxylic acid groups (broad SMARTS) is 1. The maximum Gasteiger partial charge on any atom is 0.326 e. The van der Waals surface area contributed by atoms with Gasteiger partial charge in [-0.15, -0.1) is 0 Å². The third kappa shape index (κ3) is 4.09. The summed E-state index contributed by atoms with van der Waals surface area (Å²) in [7, 11) is 1.51. The van der Waals surface area contributed by atoms with E-state index in [0.29, 0.717) is 18.9 Å². The van der Waals surface area contributed by atoms with Crippen LogP contribution in [0.25, 0.3) is 0 Å². The van der Waals surface area contributed by atoms with Crippen LogP contribution in [0, 0.1) is 5.92 Å². The first-order valence-corrected chi connectivity index (χ1v) is 6.86. The lowest BCUT2D eigenvalue weighted by Gasteiger charge is -2.25. The number of hydrogen-bond acceptors (Lipinski definition) is 3. The van der Waals surface area contributed by atoms with Gasteiger partial charge in [0.05, 0.1) is 6.10 Å². The molecule has 6 nitrogen and oxygen atoms in total. The first-order valence-electron chi connectivity index (χ1n) is 6.86. The quantitative estimate of drug-likeness (QED) is 0.764. The van der Waals surface area contributed by atoms with E-state index in [2.05, 4.69) is 12.2 Å². The number of aliphatic carboxylic acids is 1. The molecule has 0 aromatic carbocycles. The van der Waals surface area contributed by atoms with Crippen LogP contribution in [-0.2, 0) is 9.53 Å². The van der Waals surface area contributed by atoms with Crippen LogP contribution in [0.15, 0.2) is 0 Å². The standard InChI is InChI=1S/C13H24N2O4/c1-4-10(12(16)17)15(3)13(18)14-8-9-6-7-19-11(9)5-2/h9-11H,4-8H2,1-3H3,(H,14,18)(H,16,17). The molecule has 0 spiro atoms. The number of carboxylic acids is 1. The van der Waals surface area contributed by atoms with E-state index < -0.39 is 12.0 Å². The van der Waals surface area contributed by atoms with Gasteiger partial charge in [0.1, 0.15) is 6.04 Å². The molecule has 1 fully saturated rings. The van der Waals surface area contributed by atoms with Crippen LogP contribution in [0.3, 0.4) is 0 Å². The highest BCUT2D eigenvalue weighted by atomic mass is 16.5. The van der Waals surface area contributed by atoms with Gasteiger partial charge in [0.15, 0.2) is 0 Å². The van der Waals surface area contributed by atoms with E-state index in [1.54, 1.807) is 6.92 Å². The zero-order valence-corrected chi connectivity index (χ0v) is 11.9. The van der Waals surface area contributed by atoms with Gasteiger partial charge in [-0.1, -0.05) is 13.8 Å². The molecule has 6 heteroatoms. The van der Waals surface area contributed by atoms with E-state index in [4.69, 9.17) is 9.84 Å². The summed E-state index contributed by atoms with van der Waals surface area (Å²) in [6, 6.07) is -1.11. The molecule has 3 atom stereocenters. The molecule has 19 heavy (non-hydrogen) atoms. The SMILES string of the molecule is CCC1OCCC1CNC(=O)N(C)C(CC)C(=O)O. The molecule has 2 N–H and O–H groups in total. The van der Waals surface area contributed by atoms with Crippen molar-refractivity contribution in [3.8, 4) is 0 Å². The molecule has 2 amide bonds. The van der Waals surface area contributed by atoms with Crippen molar-refractivity contribution in [1.29, 1.82) is 0 Å². The number of amides is 2. The molecule has 1 aliphatic rings. The molecule has 0 aromatic heterocycles. The Morgan fingerprint density at radius 2 is 2.16 bits per heavy atom. The lowest BCUT2D eigenvalue weighted by Crippen LogP contribution is -2.48. The van der Waals surface area contributed by atoms with E-state index >= 15 is 0 Å². The predicted octanol–water partition coefficient (Wildman–Crippen LogP) is 1.31. The van der Waals surface area contributed by atoms with E-state index in [1.165, 1.54) is 11.9 Å². The number of nitrogens with zero attached hydrogens (tertiary/aromatic N) is 1. The lowest BCUT2D eigenvalue weighted by molar-refractivity contribution is -0.141. The number of nitrogens with one attached hydrogen (secondary N) is 1. The van der Waals surface area contributed by atoms with Gasteiger partial charge < -0.3 is 20.1 Å². The summed E-state index contributed by atoms with van der Waals surface area (Å²) in [5.41, 5.74) is 0. The fraction of sp³-hybridized carbons (Fsp3) is 0.846.